The molecule has 0 atom stereocenters. The van der Waals surface area contributed by atoms with Crippen molar-refractivity contribution in [1.29, 1.82) is 0 Å². The highest BCUT2D eigenvalue weighted by atomic mass is 32.1. The van der Waals surface area contributed by atoms with E-state index in [-0.39, 0.29) is 11.9 Å². The van der Waals surface area contributed by atoms with Crippen molar-refractivity contribution in [3.8, 4) is 28.5 Å². The van der Waals surface area contributed by atoms with Crippen LogP contribution in [-0.2, 0) is 4.79 Å². The number of rotatable bonds is 7. The molecule has 2 aromatic heterocycles. The van der Waals surface area contributed by atoms with Gasteiger partial charge in [0, 0.05) is 28.6 Å². The second-order valence-electron chi connectivity index (χ2n) is 6.41. The third kappa shape index (κ3) is 4.36. The second kappa shape index (κ2) is 8.88. The summed E-state index contributed by atoms with van der Waals surface area (Å²) in [5.41, 5.74) is 2.61. The second-order valence-corrected chi connectivity index (χ2v) is 7.25. The molecule has 0 fully saturated rings. The van der Waals surface area contributed by atoms with E-state index in [0.29, 0.717) is 16.5 Å². The molecule has 4 rings (SSSR count). The zero-order valence-electron chi connectivity index (χ0n) is 17.2. The molecular formula is C22H20N4O4S. The van der Waals surface area contributed by atoms with Crippen molar-refractivity contribution in [1.82, 2.24) is 14.6 Å². The van der Waals surface area contributed by atoms with Crippen LogP contribution in [0.25, 0.3) is 22.3 Å². The quantitative estimate of drug-likeness (QED) is 0.438. The van der Waals surface area contributed by atoms with Gasteiger partial charge in [-0.3, -0.25) is 10.1 Å². The van der Waals surface area contributed by atoms with E-state index in [1.807, 2.05) is 35.7 Å². The van der Waals surface area contributed by atoms with Gasteiger partial charge < -0.3 is 14.2 Å². The van der Waals surface area contributed by atoms with Gasteiger partial charge in [-0.15, -0.1) is 16.4 Å². The summed E-state index contributed by atoms with van der Waals surface area (Å²) >= 11 is 1.45. The molecule has 0 aliphatic rings. The van der Waals surface area contributed by atoms with E-state index in [1.165, 1.54) is 17.4 Å². The minimum absolute atomic E-state index is 0.234. The molecule has 1 amide bonds. The number of amides is 1. The Morgan fingerprint density at radius 2 is 1.77 bits per heavy atom. The number of hydrogen-bond donors (Lipinski definition) is 1. The van der Waals surface area contributed by atoms with E-state index >= 15 is 0 Å². The highest BCUT2D eigenvalue weighted by molar-refractivity contribution is 7.15. The van der Waals surface area contributed by atoms with E-state index < -0.39 is 0 Å². The number of benzene rings is 2. The molecule has 0 aliphatic heterocycles. The average Bonchev–Trinajstić information content (AvgIpc) is 3.37. The number of fused-ring (bicyclic) bond motifs is 1. The highest BCUT2D eigenvalue weighted by Gasteiger charge is 2.13. The summed E-state index contributed by atoms with van der Waals surface area (Å²) in [6, 6.07) is 13.0. The number of nitrogens with one attached hydrogen (secondary N) is 1. The smallest absolute Gasteiger partial charge is 0.250 e. The van der Waals surface area contributed by atoms with Crippen LogP contribution in [0.5, 0.6) is 17.2 Å². The van der Waals surface area contributed by atoms with Crippen LogP contribution in [0.1, 0.15) is 5.56 Å². The maximum Gasteiger partial charge on any atom is 0.250 e. The standard InChI is InChI=1S/C22H20N4O4S/c1-28-16-8-4-14(5-9-16)18-13-31-22-24-21(25-26(18)22)23-20(27)11-7-15-6-10-17(29-2)12-19(15)30-3/h4-13H,1-3H3,(H,23,25,27)/b11-7+. The fraction of sp³-hybridized carbons (Fsp3) is 0.136. The van der Waals surface area contributed by atoms with Crippen LogP contribution in [0.15, 0.2) is 53.9 Å². The summed E-state index contributed by atoms with van der Waals surface area (Å²) in [6.07, 6.45) is 3.07. The van der Waals surface area contributed by atoms with Crippen LogP contribution in [0.4, 0.5) is 5.95 Å². The van der Waals surface area contributed by atoms with Gasteiger partial charge in [-0.05, 0) is 42.5 Å². The Kier molecular flexibility index (Phi) is 5.85. The van der Waals surface area contributed by atoms with Gasteiger partial charge in [0.05, 0.1) is 27.0 Å². The van der Waals surface area contributed by atoms with E-state index in [4.69, 9.17) is 14.2 Å². The molecule has 0 radical (unpaired) electrons. The molecule has 8 nitrogen and oxygen atoms in total. The third-order valence-electron chi connectivity index (χ3n) is 4.56. The maximum atomic E-state index is 12.4. The lowest BCUT2D eigenvalue weighted by Crippen LogP contribution is -2.09. The summed E-state index contributed by atoms with van der Waals surface area (Å²) in [5.74, 6) is 1.95. The number of nitrogens with zero attached hydrogens (tertiary/aromatic N) is 3. The van der Waals surface area contributed by atoms with Crippen molar-refractivity contribution in [3.63, 3.8) is 0 Å². The molecule has 0 aliphatic carbocycles. The lowest BCUT2D eigenvalue weighted by molar-refractivity contribution is -0.111. The summed E-state index contributed by atoms with van der Waals surface area (Å²) in [4.78, 5) is 17.4. The molecule has 0 saturated carbocycles. The maximum absolute atomic E-state index is 12.4. The fourth-order valence-corrected chi connectivity index (χ4v) is 3.80. The first-order chi connectivity index (χ1) is 15.1. The number of ether oxygens (including phenoxy) is 3. The Labute approximate surface area is 182 Å². The molecule has 0 bridgehead atoms. The molecule has 2 aromatic carbocycles. The Morgan fingerprint density at radius 1 is 1.03 bits per heavy atom. The zero-order valence-corrected chi connectivity index (χ0v) is 18.0. The molecule has 2 heterocycles. The Morgan fingerprint density at radius 3 is 2.48 bits per heavy atom. The molecule has 158 valence electrons. The van der Waals surface area contributed by atoms with Gasteiger partial charge >= 0.3 is 0 Å². The zero-order chi connectivity index (χ0) is 21.8. The van der Waals surface area contributed by atoms with Crippen molar-refractivity contribution < 1.29 is 19.0 Å². The molecule has 4 aromatic rings. The Hall–Kier alpha value is -3.85. The number of hydrogen-bond acceptors (Lipinski definition) is 7. The Bertz CT molecular complexity index is 1240. The van der Waals surface area contributed by atoms with Gasteiger partial charge in [0.25, 0.3) is 11.9 Å². The van der Waals surface area contributed by atoms with Crippen molar-refractivity contribution in [2.75, 3.05) is 26.6 Å². The lowest BCUT2D eigenvalue weighted by Gasteiger charge is -2.07. The van der Waals surface area contributed by atoms with Crippen molar-refractivity contribution in [2.45, 2.75) is 0 Å². The van der Waals surface area contributed by atoms with E-state index in [2.05, 4.69) is 15.4 Å². The molecule has 0 saturated heterocycles. The van der Waals surface area contributed by atoms with Gasteiger partial charge in [-0.25, -0.2) is 4.52 Å². The number of carbonyl (C=O) groups is 1. The van der Waals surface area contributed by atoms with Crippen molar-refractivity contribution in [2.24, 2.45) is 0 Å². The summed E-state index contributed by atoms with van der Waals surface area (Å²) in [7, 11) is 4.78. The number of carbonyl (C=O) groups excluding carboxylic acids is 1. The molecule has 1 N–H and O–H groups in total. The number of anilines is 1. The van der Waals surface area contributed by atoms with Gasteiger partial charge in [-0.1, -0.05) is 0 Å². The Balaban J connectivity index is 1.50. The number of methoxy groups -OCH3 is 3. The molecule has 31 heavy (non-hydrogen) atoms. The summed E-state index contributed by atoms with van der Waals surface area (Å²) in [5, 5.41) is 9.09. The first-order valence-electron chi connectivity index (χ1n) is 9.31. The summed E-state index contributed by atoms with van der Waals surface area (Å²) < 4.78 is 17.4. The number of aromatic nitrogens is 3. The lowest BCUT2D eigenvalue weighted by atomic mass is 10.1. The fourth-order valence-electron chi connectivity index (χ4n) is 2.97. The normalized spacial score (nSPS) is 11.1. The van der Waals surface area contributed by atoms with E-state index in [1.54, 1.807) is 44.1 Å². The van der Waals surface area contributed by atoms with Gasteiger partial charge in [0.2, 0.25) is 4.96 Å². The largest absolute Gasteiger partial charge is 0.497 e. The van der Waals surface area contributed by atoms with Crippen LogP contribution < -0.4 is 19.5 Å². The topological polar surface area (TPSA) is 87.0 Å². The molecule has 0 unspecified atom stereocenters. The number of thiazole rings is 1. The van der Waals surface area contributed by atoms with Crippen LogP contribution in [0.2, 0.25) is 0 Å². The predicted octanol–water partition coefficient (Wildman–Crippen LogP) is 4.14. The molecular weight excluding hydrogens is 416 g/mol. The van der Waals surface area contributed by atoms with Gasteiger partial charge in [0.1, 0.15) is 17.2 Å². The predicted molar refractivity (Wildman–Crippen MR) is 120 cm³/mol. The van der Waals surface area contributed by atoms with Gasteiger partial charge in [-0.2, -0.15) is 4.98 Å². The van der Waals surface area contributed by atoms with E-state index in [0.717, 1.165) is 22.6 Å². The molecule has 0 spiro atoms. The van der Waals surface area contributed by atoms with Crippen LogP contribution >= 0.6 is 11.3 Å². The minimum atomic E-state index is -0.345. The summed E-state index contributed by atoms with van der Waals surface area (Å²) in [6.45, 7) is 0. The van der Waals surface area contributed by atoms with Crippen LogP contribution in [-0.4, -0.2) is 41.8 Å². The van der Waals surface area contributed by atoms with Crippen molar-refractivity contribution >= 4 is 34.2 Å². The van der Waals surface area contributed by atoms with Crippen LogP contribution in [0, 0.1) is 0 Å². The third-order valence-corrected chi connectivity index (χ3v) is 5.37. The van der Waals surface area contributed by atoms with Crippen LogP contribution in [0.3, 0.4) is 0 Å². The first-order valence-corrected chi connectivity index (χ1v) is 10.2. The monoisotopic (exact) mass is 436 g/mol. The SMILES string of the molecule is COc1ccc(-c2csc3nc(NC(=O)/C=C/c4ccc(OC)cc4OC)nn23)cc1. The first kappa shape index (κ1) is 20.4. The van der Waals surface area contributed by atoms with Gasteiger partial charge in [0.15, 0.2) is 0 Å². The minimum Gasteiger partial charge on any atom is -0.497 e. The van der Waals surface area contributed by atoms with E-state index in [9.17, 15) is 4.79 Å². The average molecular weight is 436 g/mol. The van der Waals surface area contributed by atoms with Crippen molar-refractivity contribution in [3.05, 3.63) is 59.5 Å². The highest BCUT2D eigenvalue weighted by Crippen LogP contribution is 2.28. The molecule has 9 heteroatoms.